The number of halogens is 2. The third-order valence-electron chi connectivity index (χ3n) is 4.56. The summed E-state index contributed by atoms with van der Waals surface area (Å²) in [6, 6.07) is 22.0. The number of nitriles is 1. The number of aryl methyl sites for hydroxylation is 1. The Labute approximate surface area is 164 Å². The molecular weight excluding hydrogens is 356 g/mol. The molecule has 0 atom stereocenters. The third kappa shape index (κ3) is 4.75. The van der Waals surface area contributed by atoms with Crippen LogP contribution in [-0.2, 0) is 12.5 Å². The fourth-order valence-electron chi connectivity index (χ4n) is 2.91. The van der Waals surface area contributed by atoms with Crippen molar-refractivity contribution in [3.8, 4) is 22.9 Å². The van der Waals surface area contributed by atoms with Crippen LogP contribution in [0.3, 0.4) is 0 Å². The largest absolute Gasteiger partial charge is 0.429 e. The molecule has 0 amide bonds. The van der Waals surface area contributed by atoms with Gasteiger partial charge in [-0.25, -0.2) is 0 Å². The van der Waals surface area contributed by atoms with E-state index in [2.05, 4.69) is 13.0 Å². The van der Waals surface area contributed by atoms with Crippen LogP contribution in [-0.4, -0.2) is 0 Å². The van der Waals surface area contributed by atoms with E-state index in [1.807, 2.05) is 12.1 Å². The Morgan fingerprint density at radius 2 is 1.43 bits per heavy atom. The van der Waals surface area contributed by atoms with Crippen LogP contribution in [0.25, 0.3) is 11.1 Å². The maximum absolute atomic E-state index is 14.5. The Morgan fingerprint density at radius 1 is 0.857 bits per heavy atom. The van der Waals surface area contributed by atoms with Crippen molar-refractivity contribution in [1.82, 2.24) is 0 Å². The third-order valence-corrected chi connectivity index (χ3v) is 4.56. The number of ether oxygens (including phenoxy) is 1. The first-order chi connectivity index (χ1) is 13.5. The molecule has 0 N–H and O–H groups in total. The quantitative estimate of drug-likeness (QED) is 0.459. The zero-order valence-corrected chi connectivity index (χ0v) is 15.7. The summed E-state index contributed by atoms with van der Waals surface area (Å²) in [4.78, 5) is 0. The molecule has 0 aliphatic carbocycles. The van der Waals surface area contributed by atoms with Crippen molar-refractivity contribution in [2.45, 2.75) is 32.3 Å². The number of nitrogens with zero attached hydrogens (tertiary/aromatic N) is 1. The molecule has 0 unspecified atom stereocenters. The molecule has 0 aromatic heterocycles. The van der Waals surface area contributed by atoms with Gasteiger partial charge >= 0.3 is 6.11 Å². The average molecular weight is 377 g/mol. The lowest BCUT2D eigenvalue weighted by Gasteiger charge is -2.19. The summed E-state index contributed by atoms with van der Waals surface area (Å²) < 4.78 is 33.9. The summed E-state index contributed by atoms with van der Waals surface area (Å²) in [6.45, 7) is 2.10. The minimum absolute atomic E-state index is 0.0949. The van der Waals surface area contributed by atoms with E-state index in [4.69, 9.17) is 10.00 Å². The van der Waals surface area contributed by atoms with Gasteiger partial charge in [0.15, 0.2) is 0 Å². The maximum Gasteiger partial charge on any atom is 0.426 e. The van der Waals surface area contributed by atoms with Gasteiger partial charge in [0, 0.05) is 0 Å². The fourth-order valence-corrected chi connectivity index (χ4v) is 2.91. The molecule has 0 saturated heterocycles. The highest BCUT2D eigenvalue weighted by atomic mass is 19.3. The van der Waals surface area contributed by atoms with Crippen molar-refractivity contribution in [3.63, 3.8) is 0 Å². The Hall–Kier alpha value is -3.19. The second-order valence-corrected chi connectivity index (χ2v) is 6.63. The summed E-state index contributed by atoms with van der Waals surface area (Å²) >= 11 is 0. The van der Waals surface area contributed by atoms with Gasteiger partial charge in [-0.1, -0.05) is 49.7 Å². The molecular formula is C24H21F2NO. The van der Waals surface area contributed by atoms with Gasteiger partial charge in [0.05, 0.1) is 17.2 Å². The Bertz CT molecular complexity index is 940. The molecule has 0 bridgehead atoms. The van der Waals surface area contributed by atoms with Crippen molar-refractivity contribution < 1.29 is 13.5 Å². The van der Waals surface area contributed by atoms with Gasteiger partial charge in [-0.15, -0.1) is 0 Å². The van der Waals surface area contributed by atoms with E-state index in [1.54, 1.807) is 36.4 Å². The minimum Gasteiger partial charge on any atom is -0.429 e. The molecule has 3 aromatic carbocycles. The standard InChI is InChI=1S/C24H21F2NO/c1-2-3-4-18-7-13-22(14-8-18)24(25,26)28-23-15-11-21(12-16-23)20-9-5-19(17-27)6-10-20/h5-16H,2-4H2,1H3. The maximum atomic E-state index is 14.5. The van der Waals surface area contributed by atoms with E-state index < -0.39 is 6.11 Å². The highest BCUT2D eigenvalue weighted by Crippen LogP contribution is 2.33. The first-order valence-electron chi connectivity index (χ1n) is 9.28. The lowest BCUT2D eigenvalue weighted by molar-refractivity contribution is -0.185. The molecule has 0 heterocycles. The number of hydrogen-bond acceptors (Lipinski definition) is 2. The molecule has 2 nitrogen and oxygen atoms in total. The van der Waals surface area contributed by atoms with Gasteiger partial charge in [-0.3, -0.25) is 0 Å². The molecule has 3 aromatic rings. The Kier molecular flexibility index (Phi) is 6.06. The van der Waals surface area contributed by atoms with Crippen LogP contribution in [0.2, 0.25) is 0 Å². The van der Waals surface area contributed by atoms with E-state index in [1.165, 1.54) is 24.3 Å². The minimum atomic E-state index is -3.40. The second-order valence-electron chi connectivity index (χ2n) is 6.63. The first kappa shape index (κ1) is 19.6. The smallest absolute Gasteiger partial charge is 0.426 e. The van der Waals surface area contributed by atoms with Crippen LogP contribution in [0.1, 0.15) is 36.5 Å². The average Bonchev–Trinajstić information content (AvgIpc) is 2.73. The van der Waals surface area contributed by atoms with Crippen molar-refractivity contribution in [1.29, 1.82) is 5.26 Å². The van der Waals surface area contributed by atoms with E-state index in [0.717, 1.165) is 36.0 Å². The topological polar surface area (TPSA) is 33.0 Å². The van der Waals surface area contributed by atoms with E-state index in [0.29, 0.717) is 5.56 Å². The fraction of sp³-hybridized carbons (Fsp3) is 0.208. The van der Waals surface area contributed by atoms with Gasteiger partial charge in [-0.2, -0.15) is 14.0 Å². The van der Waals surface area contributed by atoms with E-state index >= 15 is 0 Å². The van der Waals surface area contributed by atoms with Crippen molar-refractivity contribution in [2.75, 3.05) is 0 Å². The zero-order valence-electron chi connectivity index (χ0n) is 15.7. The number of hydrogen-bond donors (Lipinski definition) is 0. The predicted molar refractivity (Wildman–Crippen MR) is 106 cm³/mol. The van der Waals surface area contributed by atoms with E-state index in [9.17, 15) is 8.78 Å². The van der Waals surface area contributed by atoms with Crippen LogP contribution in [0.4, 0.5) is 8.78 Å². The van der Waals surface area contributed by atoms with Gasteiger partial charge in [0.25, 0.3) is 0 Å². The summed E-state index contributed by atoms with van der Waals surface area (Å²) in [6.07, 6.45) is -0.406. The SMILES string of the molecule is CCCCc1ccc(C(F)(F)Oc2ccc(-c3ccc(C#N)cc3)cc2)cc1. The molecule has 28 heavy (non-hydrogen) atoms. The summed E-state index contributed by atoms with van der Waals surface area (Å²) in [5, 5.41) is 8.85. The number of alkyl halides is 2. The van der Waals surface area contributed by atoms with Crippen LogP contribution < -0.4 is 4.74 Å². The first-order valence-corrected chi connectivity index (χ1v) is 9.28. The van der Waals surface area contributed by atoms with Crippen molar-refractivity contribution >= 4 is 0 Å². The van der Waals surface area contributed by atoms with E-state index in [-0.39, 0.29) is 11.3 Å². The Morgan fingerprint density at radius 3 is 1.96 bits per heavy atom. The zero-order chi connectivity index (χ0) is 20.0. The van der Waals surface area contributed by atoms with Crippen molar-refractivity contribution in [3.05, 3.63) is 89.5 Å². The lowest BCUT2D eigenvalue weighted by Crippen LogP contribution is -2.21. The molecule has 0 aliphatic rings. The number of rotatable bonds is 7. The molecule has 3 rings (SSSR count). The highest BCUT2D eigenvalue weighted by Gasteiger charge is 2.34. The molecule has 4 heteroatoms. The van der Waals surface area contributed by atoms with Gasteiger partial charge in [0.2, 0.25) is 0 Å². The monoisotopic (exact) mass is 377 g/mol. The molecule has 0 aliphatic heterocycles. The highest BCUT2D eigenvalue weighted by molar-refractivity contribution is 5.65. The predicted octanol–water partition coefficient (Wildman–Crippen LogP) is 6.70. The van der Waals surface area contributed by atoms with Crippen LogP contribution in [0, 0.1) is 11.3 Å². The normalized spacial score (nSPS) is 11.1. The van der Waals surface area contributed by atoms with Gasteiger partial charge in [0.1, 0.15) is 5.75 Å². The molecule has 0 saturated carbocycles. The van der Waals surface area contributed by atoms with Gasteiger partial charge < -0.3 is 4.74 Å². The lowest BCUT2D eigenvalue weighted by atomic mass is 10.0. The summed E-state index contributed by atoms with van der Waals surface area (Å²) in [5.74, 6) is 0.0949. The Balaban J connectivity index is 1.70. The number of unbranched alkanes of at least 4 members (excludes halogenated alkanes) is 1. The molecule has 0 spiro atoms. The van der Waals surface area contributed by atoms with Crippen molar-refractivity contribution in [2.24, 2.45) is 0 Å². The molecule has 142 valence electrons. The summed E-state index contributed by atoms with van der Waals surface area (Å²) in [7, 11) is 0. The van der Waals surface area contributed by atoms with Gasteiger partial charge in [-0.05, 0) is 65.9 Å². The summed E-state index contributed by atoms with van der Waals surface area (Å²) in [5.41, 5.74) is 3.22. The molecule has 0 radical (unpaired) electrons. The van der Waals surface area contributed by atoms with Crippen LogP contribution >= 0.6 is 0 Å². The number of benzene rings is 3. The van der Waals surface area contributed by atoms with Crippen LogP contribution in [0.5, 0.6) is 5.75 Å². The molecule has 0 fully saturated rings. The second kappa shape index (κ2) is 8.67. The van der Waals surface area contributed by atoms with Crippen LogP contribution in [0.15, 0.2) is 72.8 Å².